The van der Waals surface area contributed by atoms with Crippen molar-refractivity contribution in [3.8, 4) is 23.0 Å². The summed E-state index contributed by atoms with van der Waals surface area (Å²) in [5.41, 5.74) is 6.16. The molecule has 2 heterocycles. The van der Waals surface area contributed by atoms with Crippen LogP contribution < -0.4 is 10.5 Å². The molecule has 0 amide bonds. The first-order valence-electron chi connectivity index (χ1n) is 7.86. The normalized spacial score (nSPS) is 12.0. The van der Waals surface area contributed by atoms with Crippen molar-refractivity contribution in [1.82, 2.24) is 25.2 Å². The second kappa shape index (κ2) is 8.46. The SMILES string of the molecule is N[C@@H](CC(=O)O)Cn1nnc(-c2ccc(Oc3ncc(Cl)cc3F)cc2Cl)n1. The third-order valence-corrected chi connectivity index (χ3v) is 3.98. The van der Waals surface area contributed by atoms with Crippen LogP contribution in [0.4, 0.5) is 4.39 Å². The molecule has 0 aliphatic heterocycles. The number of aliphatic carboxylic acids is 1. The van der Waals surface area contributed by atoms with E-state index in [0.29, 0.717) is 5.56 Å². The highest BCUT2D eigenvalue weighted by Crippen LogP contribution is 2.31. The number of tetrazole rings is 1. The maximum absolute atomic E-state index is 13.8. The molecule has 0 unspecified atom stereocenters. The van der Waals surface area contributed by atoms with E-state index in [4.69, 9.17) is 38.8 Å². The summed E-state index contributed by atoms with van der Waals surface area (Å²) in [4.78, 5) is 15.6. The number of carbonyl (C=O) groups is 1. The molecule has 28 heavy (non-hydrogen) atoms. The van der Waals surface area contributed by atoms with E-state index in [1.807, 2.05) is 0 Å². The van der Waals surface area contributed by atoms with Crippen LogP contribution in [0.1, 0.15) is 6.42 Å². The molecule has 0 bridgehead atoms. The minimum Gasteiger partial charge on any atom is -0.481 e. The summed E-state index contributed by atoms with van der Waals surface area (Å²) in [7, 11) is 0. The molecular weight excluding hydrogens is 414 g/mol. The first-order chi connectivity index (χ1) is 13.3. The number of ether oxygens (including phenoxy) is 1. The van der Waals surface area contributed by atoms with E-state index in [0.717, 1.165) is 6.07 Å². The average molecular weight is 427 g/mol. The van der Waals surface area contributed by atoms with Crippen molar-refractivity contribution >= 4 is 29.2 Å². The maximum atomic E-state index is 13.8. The lowest BCUT2D eigenvalue weighted by molar-refractivity contribution is -0.137. The van der Waals surface area contributed by atoms with Gasteiger partial charge in [-0.15, -0.1) is 10.2 Å². The molecule has 1 aromatic carbocycles. The van der Waals surface area contributed by atoms with E-state index in [9.17, 15) is 9.18 Å². The Hall–Kier alpha value is -2.82. The van der Waals surface area contributed by atoms with Gasteiger partial charge < -0.3 is 15.6 Å². The van der Waals surface area contributed by atoms with Crippen molar-refractivity contribution in [1.29, 1.82) is 0 Å². The Labute approximate surface area is 167 Å². The molecule has 3 aromatic rings. The van der Waals surface area contributed by atoms with E-state index in [1.165, 1.54) is 23.1 Å². The monoisotopic (exact) mass is 426 g/mol. The number of hydrogen-bond acceptors (Lipinski definition) is 7. The third-order valence-electron chi connectivity index (χ3n) is 3.46. The van der Waals surface area contributed by atoms with Crippen molar-refractivity contribution in [2.45, 2.75) is 19.0 Å². The van der Waals surface area contributed by atoms with Crippen molar-refractivity contribution in [3.63, 3.8) is 0 Å². The van der Waals surface area contributed by atoms with Gasteiger partial charge in [0.2, 0.25) is 5.82 Å². The summed E-state index contributed by atoms with van der Waals surface area (Å²) in [5, 5.41) is 21.0. The van der Waals surface area contributed by atoms with Gasteiger partial charge in [0.05, 0.1) is 23.0 Å². The Morgan fingerprint density at radius 2 is 2.14 bits per heavy atom. The summed E-state index contributed by atoms with van der Waals surface area (Å²) in [6, 6.07) is 4.98. The Morgan fingerprint density at radius 3 is 2.82 bits per heavy atom. The third kappa shape index (κ3) is 4.91. The fourth-order valence-electron chi connectivity index (χ4n) is 2.26. The standard InChI is InChI=1S/C16H13Cl2FN6O3/c17-8-3-13(19)16(21-6-8)28-10-1-2-11(12(18)5-10)15-22-24-25(23-15)7-9(20)4-14(26)27/h1-3,5-6,9H,4,7,20H2,(H,26,27)/t9-/m0/s1. The van der Waals surface area contributed by atoms with Crippen molar-refractivity contribution < 1.29 is 19.0 Å². The summed E-state index contributed by atoms with van der Waals surface area (Å²) in [6.07, 6.45) is 1.03. The number of aromatic nitrogens is 5. The number of benzene rings is 1. The van der Waals surface area contributed by atoms with Crippen LogP contribution in [-0.2, 0) is 11.3 Å². The van der Waals surface area contributed by atoms with Crippen LogP contribution in [0.3, 0.4) is 0 Å². The number of nitrogens with zero attached hydrogens (tertiary/aromatic N) is 5. The van der Waals surface area contributed by atoms with Crippen LogP contribution in [0.2, 0.25) is 10.0 Å². The topological polar surface area (TPSA) is 129 Å². The lowest BCUT2D eigenvalue weighted by Crippen LogP contribution is -2.30. The predicted octanol–water partition coefficient (Wildman–Crippen LogP) is 2.78. The minimum atomic E-state index is -1.02. The zero-order chi connectivity index (χ0) is 20.3. The van der Waals surface area contributed by atoms with Gasteiger partial charge in [0.25, 0.3) is 5.88 Å². The van der Waals surface area contributed by atoms with Crippen LogP contribution in [0.5, 0.6) is 11.6 Å². The molecule has 0 spiro atoms. The first kappa shape index (κ1) is 19.9. The Bertz CT molecular complexity index is 1020. The molecule has 0 fully saturated rings. The summed E-state index contributed by atoms with van der Waals surface area (Å²) >= 11 is 11.9. The van der Waals surface area contributed by atoms with Gasteiger partial charge in [-0.1, -0.05) is 23.2 Å². The molecule has 0 saturated heterocycles. The number of carboxylic acid groups (broad SMARTS) is 1. The van der Waals surface area contributed by atoms with Gasteiger partial charge in [0.1, 0.15) is 5.75 Å². The molecule has 0 aliphatic carbocycles. The number of hydrogen-bond donors (Lipinski definition) is 2. The smallest absolute Gasteiger partial charge is 0.304 e. The lowest BCUT2D eigenvalue weighted by Gasteiger charge is -2.08. The second-order valence-electron chi connectivity index (χ2n) is 5.71. The fraction of sp³-hybridized carbons (Fsp3) is 0.188. The average Bonchev–Trinajstić information content (AvgIpc) is 3.04. The van der Waals surface area contributed by atoms with Gasteiger partial charge in [-0.05, 0) is 23.4 Å². The molecular formula is C16H13Cl2FN6O3. The molecule has 0 aliphatic rings. The molecule has 3 rings (SSSR count). The quantitative estimate of drug-likeness (QED) is 0.589. The Kier molecular flexibility index (Phi) is 6.02. The van der Waals surface area contributed by atoms with Crippen LogP contribution in [0.15, 0.2) is 30.5 Å². The first-order valence-corrected chi connectivity index (χ1v) is 8.61. The van der Waals surface area contributed by atoms with Crippen LogP contribution >= 0.6 is 23.2 Å². The van der Waals surface area contributed by atoms with Gasteiger partial charge in [-0.3, -0.25) is 4.79 Å². The largest absolute Gasteiger partial charge is 0.481 e. The highest BCUT2D eigenvalue weighted by molar-refractivity contribution is 6.33. The number of halogens is 3. The number of rotatable bonds is 7. The van der Waals surface area contributed by atoms with Gasteiger partial charge in [0.15, 0.2) is 5.82 Å². The summed E-state index contributed by atoms with van der Waals surface area (Å²) < 4.78 is 19.2. The highest BCUT2D eigenvalue weighted by atomic mass is 35.5. The molecule has 12 heteroatoms. The second-order valence-corrected chi connectivity index (χ2v) is 6.55. The summed E-state index contributed by atoms with van der Waals surface area (Å²) in [5.74, 6) is -1.51. The molecule has 2 aromatic heterocycles. The zero-order valence-electron chi connectivity index (χ0n) is 14.1. The van der Waals surface area contributed by atoms with E-state index in [1.54, 1.807) is 6.07 Å². The molecule has 3 N–H and O–H groups in total. The van der Waals surface area contributed by atoms with E-state index >= 15 is 0 Å². The van der Waals surface area contributed by atoms with E-state index in [2.05, 4.69) is 20.4 Å². The van der Waals surface area contributed by atoms with Crippen molar-refractivity contribution in [2.24, 2.45) is 5.73 Å². The highest BCUT2D eigenvalue weighted by Gasteiger charge is 2.15. The lowest BCUT2D eigenvalue weighted by atomic mass is 10.2. The number of pyridine rings is 1. The molecule has 1 atom stereocenters. The van der Waals surface area contributed by atoms with E-state index < -0.39 is 17.8 Å². The summed E-state index contributed by atoms with van der Waals surface area (Å²) in [6.45, 7) is 0.0830. The molecule has 146 valence electrons. The zero-order valence-corrected chi connectivity index (χ0v) is 15.6. The van der Waals surface area contributed by atoms with Crippen LogP contribution in [0.25, 0.3) is 11.4 Å². The molecule has 9 nitrogen and oxygen atoms in total. The Morgan fingerprint density at radius 1 is 1.36 bits per heavy atom. The van der Waals surface area contributed by atoms with Gasteiger partial charge in [-0.25, -0.2) is 9.37 Å². The minimum absolute atomic E-state index is 0.0830. The predicted molar refractivity (Wildman–Crippen MR) is 97.8 cm³/mol. The van der Waals surface area contributed by atoms with Crippen LogP contribution in [-0.4, -0.2) is 42.3 Å². The van der Waals surface area contributed by atoms with Gasteiger partial charge in [0, 0.05) is 23.9 Å². The maximum Gasteiger partial charge on any atom is 0.304 e. The molecule has 0 saturated carbocycles. The van der Waals surface area contributed by atoms with Crippen molar-refractivity contribution in [2.75, 3.05) is 0 Å². The van der Waals surface area contributed by atoms with E-state index in [-0.39, 0.29) is 40.5 Å². The fourth-order valence-corrected chi connectivity index (χ4v) is 2.66. The molecule has 0 radical (unpaired) electrons. The van der Waals surface area contributed by atoms with Crippen molar-refractivity contribution in [3.05, 3.63) is 46.3 Å². The Balaban J connectivity index is 1.75. The van der Waals surface area contributed by atoms with Crippen LogP contribution in [0, 0.1) is 5.82 Å². The van der Waals surface area contributed by atoms with Gasteiger partial charge in [-0.2, -0.15) is 4.80 Å². The van der Waals surface area contributed by atoms with Gasteiger partial charge >= 0.3 is 5.97 Å². The number of nitrogens with two attached hydrogens (primary N) is 1. The number of carboxylic acids is 1.